The van der Waals surface area contributed by atoms with Crippen molar-refractivity contribution < 1.29 is 9.59 Å². The highest BCUT2D eigenvalue weighted by molar-refractivity contribution is 6.36. The molecular weight excluding hydrogens is 637 g/mol. The van der Waals surface area contributed by atoms with Crippen LogP contribution in [0, 0.1) is 27.7 Å². The van der Waals surface area contributed by atoms with Gasteiger partial charge in [0.25, 0.3) is 11.8 Å². The number of nitrogens with zero attached hydrogens (tertiary/aromatic N) is 2. The number of aryl methyl sites for hydroxylation is 4. The number of anilines is 1. The maximum atomic E-state index is 14.7. The predicted molar refractivity (Wildman–Crippen MR) is 214 cm³/mol. The third-order valence-corrected chi connectivity index (χ3v) is 10.2. The summed E-state index contributed by atoms with van der Waals surface area (Å²) >= 11 is 0. The number of hydrogen-bond acceptors (Lipinski definition) is 2. The Labute approximate surface area is 303 Å². The van der Waals surface area contributed by atoms with Crippen molar-refractivity contribution in [2.24, 2.45) is 0 Å². The molecule has 2 heterocycles. The van der Waals surface area contributed by atoms with Crippen LogP contribution >= 0.6 is 0 Å². The van der Waals surface area contributed by atoms with Crippen molar-refractivity contribution in [1.82, 2.24) is 4.57 Å². The van der Waals surface area contributed by atoms with E-state index >= 15 is 0 Å². The Bertz CT molecular complexity index is 2620. The van der Waals surface area contributed by atoms with Gasteiger partial charge in [0, 0.05) is 16.3 Å². The van der Waals surface area contributed by atoms with Crippen LogP contribution in [-0.2, 0) is 0 Å². The fourth-order valence-corrected chi connectivity index (χ4v) is 8.13. The molecule has 0 radical (unpaired) electrons. The quantitative estimate of drug-likeness (QED) is 0.171. The van der Waals surface area contributed by atoms with Crippen LogP contribution in [0.15, 0.2) is 146 Å². The third-order valence-electron chi connectivity index (χ3n) is 10.2. The van der Waals surface area contributed by atoms with E-state index in [2.05, 4.69) is 105 Å². The minimum Gasteiger partial charge on any atom is -0.308 e. The molecule has 0 aliphatic carbocycles. The van der Waals surface area contributed by atoms with Gasteiger partial charge in [-0.2, -0.15) is 0 Å². The molecule has 0 unspecified atom stereocenters. The molecule has 1 aliphatic rings. The monoisotopic (exact) mass is 672 g/mol. The number of carbonyl (C=O) groups is 2. The maximum absolute atomic E-state index is 14.7. The second kappa shape index (κ2) is 12.1. The summed E-state index contributed by atoms with van der Waals surface area (Å²) in [7, 11) is 0. The fraction of sp³-hybridized carbons (Fsp3) is 0.0833. The van der Waals surface area contributed by atoms with E-state index in [1.54, 1.807) is 6.07 Å². The number of imide groups is 1. The highest BCUT2D eigenvalue weighted by Gasteiger charge is 2.40. The Kier molecular flexibility index (Phi) is 7.30. The Balaban J connectivity index is 1.27. The zero-order valence-corrected chi connectivity index (χ0v) is 29.6. The summed E-state index contributed by atoms with van der Waals surface area (Å²) in [5.41, 5.74) is 15.2. The van der Waals surface area contributed by atoms with E-state index < -0.39 is 0 Å². The average molecular weight is 673 g/mol. The van der Waals surface area contributed by atoms with Crippen molar-refractivity contribution in [1.29, 1.82) is 0 Å². The van der Waals surface area contributed by atoms with E-state index in [0.717, 1.165) is 44.1 Å². The van der Waals surface area contributed by atoms with Gasteiger partial charge in [-0.05, 0) is 98.0 Å². The molecule has 8 aromatic rings. The summed E-state index contributed by atoms with van der Waals surface area (Å²) in [6.45, 7) is 8.53. The van der Waals surface area contributed by atoms with Crippen molar-refractivity contribution in [3.8, 4) is 39.1 Å². The predicted octanol–water partition coefficient (Wildman–Crippen LogP) is 11.8. The number of rotatable bonds is 5. The van der Waals surface area contributed by atoms with E-state index in [9.17, 15) is 9.59 Å². The molecule has 0 saturated heterocycles. The standard InChI is InChI=1S/C48H36N2O2/c1-29-21-30(2)24-36(23-29)34-17-19-43-40(27-34)41-28-35(37-25-31(3)22-32(4)26-37)18-20-44(41)49(43)45-16-10-14-39-46(45)48(52)50(47(39)51)42-15-9-8-13-38(42)33-11-6-5-7-12-33/h5-28H,1-4H3. The van der Waals surface area contributed by atoms with Crippen LogP contribution < -0.4 is 4.90 Å². The largest absolute Gasteiger partial charge is 0.308 e. The van der Waals surface area contributed by atoms with E-state index in [0.29, 0.717) is 22.5 Å². The van der Waals surface area contributed by atoms with Gasteiger partial charge in [0.1, 0.15) is 0 Å². The number of para-hydroxylation sites is 1. The number of benzene rings is 7. The zero-order valence-electron chi connectivity index (χ0n) is 29.6. The first-order chi connectivity index (χ1) is 25.2. The van der Waals surface area contributed by atoms with Crippen LogP contribution in [0.4, 0.5) is 5.69 Å². The van der Waals surface area contributed by atoms with Gasteiger partial charge in [0.2, 0.25) is 0 Å². The van der Waals surface area contributed by atoms with E-state index in [1.807, 2.05) is 66.7 Å². The second-order valence-electron chi connectivity index (χ2n) is 14.1. The van der Waals surface area contributed by atoms with Gasteiger partial charge in [0.05, 0.1) is 33.5 Å². The molecule has 250 valence electrons. The molecule has 0 fully saturated rings. The number of amides is 2. The molecule has 0 bridgehead atoms. The van der Waals surface area contributed by atoms with E-state index in [4.69, 9.17) is 0 Å². The minimum atomic E-state index is -0.326. The van der Waals surface area contributed by atoms with E-state index in [-0.39, 0.29) is 11.8 Å². The zero-order chi connectivity index (χ0) is 35.7. The van der Waals surface area contributed by atoms with Crippen LogP contribution in [0.25, 0.3) is 60.9 Å². The Morgan fingerprint density at radius 1 is 0.385 bits per heavy atom. The van der Waals surface area contributed by atoms with Crippen LogP contribution in [0.1, 0.15) is 43.0 Å². The Morgan fingerprint density at radius 2 is 0.885 bits per heavy atom. The Morgan fingerprint density at radius 3 is 1.46 bits per heavy atom. The maximum Gasteiger partial charge on any atom is 0.268 e. The highest BCUT2D eigenvalue weighted by atomic mass is 16.2. The van der Waals surface area contributed by atoms with Crippen molar-refractivity contribution in [3.05, 3.63) is 179 Å². The molecule has 0 N–H and O–H groups in total. The lowest BCUT2D eigenvalue weighted by molar-refractivity contribution is 0.0926. The third kappa shape index (κ3) is 5.06. The van der Waals surface area contributed by atoms with Crippen molar-refractivity contribution in [3.63, 3.8) is 0 Å². The number of fused-ring (bicyclic) bond motifs is 4. The minimum absolute atomic E-state index is 0.319. The van der Waals surface area contributed by atoms with Gasteiger partial charge in [-0.3, -0.25) is 9.59 Å². The van der Waals surface area contributed by atoms with Crippen LogP contribution in [0.3, 0.4) is 0 Å². The molecule has 1 aliphatic heterocycles. The lowest BCUT2D eigenvalue weighted by Gasteiger charge is -2.18. The smallest absolute Gasteiger partial charge is 0.268 e. The summed E-state index contributed by atoms with van der Waals surface area (Å²) in [6, 6.07) is 49.6. The molecular formula is C48H36N2O2. The summed E-state index contributed by atoms with van der Waals surface area (Å²) in [6.07, 6.45) is 0. The first kappa shape index (κ1) is 31.5. The van der Waals surface area contributed by atoms with Gasteiger partial charge >= 0.3 is 0 Å². The van der Waals surface area contributed by atoms with Crippen molar-refractivity contribution >= 4 is 39.3 Å². The van der Waals surface area contributed by atoms with Gasteiger partial charge in [-0.15, -0.1) is 0 Å². The molecule has 0 spiro atoms. The summed E-state index contributed by atoms with van der Waals surface area (Å²) in [5, 5.41) is 2.16. The molecule has 4 heteroatoms. The molecule has 1 aromatic heterocycles. The molecule has 9 rings (SSSR count). The van der Waals surface area contributed by atoms with Gasteiger partial charge in [-0.1, -0.05) is 125 Å². The van der Waals surface area contributed by atoms with Crippen LogP contribution in [0.5, 0.6) is 0 Å². The molecule has 2 amide bonds. The first-order valence-corrected chi connectivity index (χ1v) is 17.7. The summed E-state index contributed by atoms with van der Waals surface area (Å²) in [5.74, 6) is -0.645. The number of hydrogen-bond donors (Lipinski definition) is 0. The molecule has 7 aromatic carbocycles. The lowest BCUT2D eigenvalue weighted by Crippen LogP contribution is -2.30. The summed E-state index contributed by atoms with van der Waals surface area (Å²) < 4.78 is 2.16. The van der Waals surface area contributed by atoms with Crippen LogP contribution in [0.2, 0.25) is 0 Å². The SMILES string of the molecule is Cc1cc(C)cc(-c2ccc3c(c2)c2cc(-c4cc(C)cc(C)c4)ccc2n3-c2cccc3c2C(=O)N(c2ccccc2-c2ccccc2)C3=O)c1. The van der Waals surface area contributed by atoms with E-state index in [1.165, 1.54) is 38.3 Å². The molecule has 52 heavy (non-hydrogen) atoms. The summed E-state index contributed by atoms with van der Waals surface area (Å²) in [4.78, 5) is 30.3. The van der Waals surface area contributed by atoms with Gasteiger partial charge < -0.3 is 4.57 Å². The molecule has 0 saturated carbocycles. The average Bonchev–Trinajstić information content (AvgIpc) is 3.60. The fourth-order valence-electron chi connectivity index (χ4n) is 8.13. The van der Waals surface area contributed by atoms with Crippen molar-refractivity contribution in [2.45, 2.75) is 27.7 Å². The number of aromatic nitrogens is 1. The highest BCUT2D eigenvalue weighted by Crippen LogP contribution is 2.42. The second-order valence-corrected chi connectivity index (χ2v) is 14.1. The van der Waals surface area contributed by atoms with Gasteiger partial charge in [-0.25, -0.2) is 4.90 Å². The lowest BCUT2D eigenvalue weighted by atomic mass is 9.97. The number of carbonyl (C=O) groups excluding carboxylic acids is 2. The Hall–Kier alpha value is -6.52. The normalized spacial score (nSPS) is 12.7. The van der Waals surface area contributed by atoms with Crippen molar-refractivity contribution in [2.75, 3.05) is 4.90 Å². The van der Waals surface area contributed by atoms with Crippen LogP contribution in [-0.4, -0.2) is 16.4 Å². The van der Waals surface area contributed by atoms with Gasteiger partial charge in [0.15, 0.2) is 0 Å². The molecule has 0 atom stereocenters. The topological polar surface area (TPSA) is 42.3 Å². The first-order valence-electron chi connectivity index (χ1n) is 17.7. The molecule has 4 nitrogen and oxygen atoms in total.